The summed E-state index contributed by atoms with van der Waals surface area (Å²) >= 11 is 0. The van der Waals surface area contributed by atoms with E-state index in [9.17, 15) is 4.79 Å². The molecule has 4 rings (SSSR count). The summed E-state index contributed by atoms with van der Waals surface area (Å²) < 4.78 is 27.4. The average Bonchev–Trinajstić information content (AvgIpc) is 3.13. The van der Waals surface area contributed by atoms with Gasteiger partial charge in [-0.3, -0.25) is 0 Å². The van der Waals surface area contributed by atoms with Crippen molar-refractivity contribution in [3.05, 3.63) is 47.1 Å². The number of ether oxygens (including phenoxy) is 2. The van der Waals surface area contributed by atoms with E-state index in [4.69, 9.17) is 24.9 Å². The highest BCUT2D eigenvalue weighted by Crippen LogP contribution is 2.56. The third-order valence-corrected chi connectivity index (χ3v) is 22.4. The number of hydrogen-bond donors (Lipinski definition) is 0. The highest BCUT2D eigenvalue weighted by Gasteiger charge is 2.52. The van der Waals surface area contributed by atoms with E-state index in [1.165, 1.54) is 25.7 Å². The third-order valence-electron chi connectivity index (χ3n) is 13.4. The van der Waals surface area contributed by atoms with E-state index < -0.39 is 22.4 Å². The summed E-state index contributed by atoms with van der Waals surface area (Å²) in [6, 6.07) is 0. The van der Waals surface area contributed by atoms with Gasteiger partial charge < -0.3 is 18.3 Å². The Balaban J connectivity index is 1.72. The van der Waals surface area contributed by atoms with Gasteiger partial charge in [0.05, 0.1) is 6.10 Å². The van der Waals surface area contributed by atoms with Gasteiger partial charge in [0.2, 0.25) is 0 Å². The highest BCUT2D eigenvalue weighted by molar-refractivity contribution is 6.74. The van der Waals surface area contributed by atoms with Crippen molar-refractivity contribution in [2.45, 2.75) is 193 Å². The molecule has 4 aliphatic carbocycles. The molecule has 0 aromatic rings. The van der Waals surface area contributed by atoms with Gasteiger partial charge >= 0.3 is 5.97 Å². The van der Waals surface area contributed by atoms with Crippen molar-refractivity contribution in [2.75, 3.05) is 6.61 Å². The maximum absolute atomic E-state index is 13.4. The SMILES string of the molecule is C=C1C(=CC=C2CCC[C@]3(C)C(CC)=CC[C@@H]23)C[C@@](OCC(=O)OC2CCCCCC2)(O[Si](C)(C)C(C)(C)C)C[C@@H]1O[Si](C)(C)C(C)(C)C. The zero-order chi connectivity index (χ0) is 36.5. The maximum atomic E-state index is 13.4. The van der Waals surface area contributed by atoms with Crippen LogP contribution in [0.15, 0.2) is 47.1 Å². The van der Waals surface area contributed by atoms with Crippen LogP contribution >= 0.6 is 0 Å². The summed E-state index contributed by atoms with van der Waals surface area (Å²) in [4.78, 5) is 13.4. The fraction of sp³-hybridized carbons (Fsp3) is 0.786. The molecule has 3 fully saturated rings. The van der Waals surface area contributed by atoms with E-state index in [-0.39, 0.29) is 40.3 Å². The number of esters is 1. The van der Waals surface area contributed by atoms with Crippen LogP contribution in [0.25, 0.3) is 0 Å². The van der Waals surface area contributed by atoms with Gasteiger partial charge in [0, 0.05) is 12.8 Å². The summed E-state index contributed by atoms with van der Waals surface area (Å²) in [5.74, 6) is -0.742. The maximum Gasteiger partial charge on any atom is 0.332 e. The molecule has 0 N–H and O–H groups in total. The second kappa shape index (κ2) is 15.4. The minimum atomic E-state index is -2.36. The molecule has 0 amide bonds. The molecular weight excluding hydrogens is 641 g/mol. The normalized spacial score (nSPS) is 31.1. The predicted octanol–water partition coefficient (Wildman–Crippen LogP) is 12.1. The summed E-state index contributed by atoms with van der Waals surface area (Å²) in [6.45, 7) is 32.2. The van der Waals surface area contributed by atoms with E-state index in [1.807, 2.05) is 0 Å². The fourth-order valence-electron chi connectivity index (χ4n) is 8.17. The summed E-state index contributed by atoms with van der Waals surface area (Å²) in [5, 5.41) is -0.0127. The van der Waals surface area contributed by atoms with Crippen LogP contribution in [-0.4, -0.2) is 47.2 Å². The van der Waals surface area contributed by atoms with E-state index >= 15 is 0 Å². The van der Waals surface area contributed by atoms with Crippen LogP contribution in [0.5, 0.6) is 0 Å². The second-order valence-corrected chi connectivity index (χ2v) is 28.5. The molecule has 4 aliphatic rings. The van der Waals surface area contributed by atoms with Gasteiger partial charge in [0.15, 0.2) is 22.4 Å². The largest absolute Gasteiger partial charge is 0.461 e. The van der Waals surface area contributed by atoms with Crippen molar-refractivity contribution in [1.82, 2.24) is 0 Å². The predicted molar refractivity (Wildman–Crippen MR) is 210 cm³/mol. The lowest BCUT2D eigenvalue weighted by Crippen LogP contribution is -2.56. The van der Waals surface area contributed by atoms with E-state index in [0.717, 1.165) is 56.1 Å². The molecule has 3 saturated carbocycles. The molecular formula is C42H72O5Si2. The first-order valence-electron chi connectivity index (χ1n) is 19.6. The smallest absolute Gasteiger partial charge is 0.332 e. The van der Waals surface area contributed by atoms with Crippen molar-refractivity contribution in [1.29, 1.82) is 0 Å². The number of hydrogen-bond acceptors (Lipinski definition) is 5. The monoisotopic (exact) mass is 712 g/mol. The molecule has 0 saturated heterocycles. The van der Waals surface area contributed by atoms with Crippen molar-refractivity contribution in [3.8, 4) is 0 Å². The molecule has 4 atom stereocenters. The first-order valence-corrected chi connectivity index (χ1v) is 25.4. The molecule has 0 spiro atoms. The van der Waals surface area contributed by atoms with Gasteiger partial charge in [-0.2, -0.15) is 0 Å². The Labute approximate surface area is 303 Å². The Hall–Kier alpha value is -1.26. The van der Waals surface area contributed by atoms with Crippen molar-refractivity contribution >= 4 is 22.6 Å². The molecule has 0 unspecified atom stereocenters. The van der Waals surface area contributed by atoms with Gasteiger partial charge in [-0.1, -0.05) is 104 Å². The zero-order valence-electron chi connectivity index (χ0n) is 33.6. The Kier molecular flexibility index (Phi) is 12.7. The highest BCUT2D eigenvalue weighted by atomic mass is 28.4. The van der Waals surface area contributed by atoms with Crippen LogP contribution in [0.1, 0.15) is 139 Å². The van der Waals surface area contributed by atoms with E-state index in [1.54, 1.807) is 11.1 Å². The minimum absolute atomic E-state index is 0.0155. The topological polar surface area (TPSA) is 54.0 Å². The zero-order valence-corrected chi connectivity index (χ0v) is 35.6. The van der Waals surface area contributed by atoms with Crippen LogP contribution in [0.4, 0.5) is 0 Å². The van der Waals surface area contributed by atoms with Crippen molar-refractivity contribution in [3.63, 3.8) is 0 Å². The Bertz CT molecular complexity index is 1290. The molecule has 278 valence electrons. The lowest BCUT2D eigenvalue weighted by molar-refractivity contribution is -0.217. The molecule has 49 heavy (non-hydrogen) atoms. The molecule has 0 radical (unpaired) electrons. The molecule has 0 aromatic heterocycles. The number of carbonyl (C=O) groups is 1. The lowest BCUT2D eigenvalue weighted by atomic mass is 9.64. The molecule has 0 aliphatic heterocycles. The third kappa shape index (κ3) is 9.41. The molecule has 7 heteroatoms. The van der Waals surface area contributed by atoms with Crippen LogP contribution in [-0.2, 0) is 23.1 Å². The number of carbonyl (C=O) groups excluding carboxylic acids is 1. The minimum Gasteiger partial charge on any atom is -0.461 e. The Morgan fingerprint density at radius 3 is 2.18 bits per heavy atom. The first-order chi connectivity index (χ1) is 22.6. The molecule has 0 aromatic carbocycles. The van der Waals surface area contributed by atoms with Crippen LogP contribution in [0, 0.1) is 11.3 Å². The van der Waals surface area contributed by atoms with Gasteiger partial charge in [0.25, 0.3) is 0 Å². The van der Waals surface area contributed by atoms with E-state index in [0.29, 0.717) is 18.8 Å². The van der Waals surface area contributed by atoms with Crippen molar-refractivity contribution < 1.29 is 23.1 Å². The van der Waals surface area contributed by atoms with Crippen molar-refractivity contribution in [2.24, 2.45) is 11.3 Å². The molecule has 5 nitrogen and oxygen atoms in total. The first kappa shape index (κ1) is 40.5. The van der Waals surface area contributed by atoms with E-state index in [2.05, 4.69) is 99.8 Å². The molecule has 0 heterocycles. The quantitative estimate of drug-likeness (QED) is 0.0742. The molecule has 0 bridgehead atoms. The standard InChI is InChI=1S/C42H72O5Si2/c1-14-34-25-26-36-32(20-19-27-41(34,36)9)23-24-33-28-42(47-49(12,13)40(6,7)8,29-37(31(33)2)46-48(10,11)39(3,4)5)44-30-38(43)45-35-21-17-15-16-18-22-35/h23-25,35-37H,2,14-22,26-30H2,1,3-13H3/t36-,37-,41+,42+/m0/s1. The number of fused-ring (bicyclic) bond motifs is 1. The van der Waals surface area contributed by atoms with Gasteiger partial charge in [-0.25, -0.2) is 4.79 Å². The Morgan fingerprint density at radius 1 is 0.959 bits per heavy atom. The average molecular weight is 713 g/mol. The Morgan fingerprint density at radius 2 is 1.59 bits per heavy atom. The number of allylic oxidation sites excluding steroid dienone is 5. The fourth-order valence-corrected chi connectivity index (χ4v) is 10.9. The van der Waals surface area contributed by atoms with Gasteiger partial charge in [0.1, 0.15) is 12.7 Å². The van der Waals surface area contributed by atoms with Crippen LogP contribution in [0.3, 0.4) is 0 Å². The van der Waals surface area contributed by atoms with Crippen LogP contribution < -0.4 is 0 Å². The summed E-state index contributed by atoms with van der Waals surface area (Å²) in [5.41, 5.74) is 5.59. The summed E-state index contributed by atoms with van der Waals surface area (Å²) in [6.07, 6.45) is 20.5. The summed E-state index contributed by atoms with van der Waals surface area (Å²) in [7, 11) is -4.55. The lowest BCUT2D eigenvalue weighted by Gasteiger charge is -2.51. The van der Waals surface area contributed by atoms with Crippen LogP contribution in [0.2, 0.25) is 36.3 Å². The second-order valence-electron chi connectivity index (χ2n) is 19.0. The van der Waals surface area contributed by atoms with Gasteiger partial charge in [-0.15, -0.1) is 0 Å². The number of rotatable bonds is 10. The van der Waals surface area contributed by atoms with Gasteiger partial charge in [-0.05, 0) is 117 Å².